The minimum Gasteiger partial charge on any atom is -0.396 e. The fourth-order valence-electron chi connectivity index (χ4n) is 3.96. The maximum Gasteiger partial charge on any atom is 0.275 e. The Morgan fingerprint density at radius 3 is 2.87 bits per heavy atom. The van der Waals surface area contributed by atoms with Crippen LogP contribution < -0.4 is 21.7 Å². The van der Waals surface area contributed by atoms with E-state index in [4.69, 9.17) is 11.5 Å². The number of aryl methyl sites for hydroxylation is 1. The van der Waals surface area contributed by atoms with Gasteiger partial charge in [-0.1, -0.05) is 0 Å². The van der Waals surface area contributed by atoms with Crippen LogP contribution in [0.2, 0.25) is 0 Å². The molecule has 11 heteroatoms. The zero-order valence-corrected chi connectivity index (χ0v) is 17.8. The molecule has 2 aromatic heterocycles. The fraction of sp³-hybridized carbons (Fsp3) is 0.350. The number of amides is 1. The summed E-state index contributed by atoms with van der Waals surface area (Å²) < 4.78 is 31.8. The number of thiazole rings is 1. The summed E-state index contributed by atoms with van der Waals surface area (Å²) in [5, 5.41) is 8.05. The van der Waals surface area contributed by atoms with Gasteiger partial charge in [0.25, 0.3) is 5.91 Å². The van der Waals surface area contributed by atoms with Crippen molar-refractivity contribution in [3.8, 4) is 11.1 Å². The third-order valence-corrected chi connectivity index (χ3v) is 6.08. The third-order valence-electron chi connectivity index (χ3n) is 5.49. The Balaban J connectivity index is 1.73. The van der Waals surface area contributed by atoms with Crippen LogP contribution in [0.4, 0.5) is 26.0 Å². The predicted molar refractivity (Wildman–Crippen MR) is 117 cm³/mol. The molecule has 3 aromatic rings. The van der Waals surface area contributed by atoms with Crippen molar-refractivity contribution >= 4 is 34.4 Å². The first-order chi connectivity index (χ1) is 14.9. The molecule has 1 aliphatic heterocycles. The van der Waals surface area contributed by atoms with Crippen molar-refractivity contribution in [3.05, 3.63) is 40.5 Å². The van der Waals surface area contributed by atoms with Crippen molar-refractivity contribution < 1.29 is 13.6 Å². The van der Waals surface area contributed by atoms with Gasteiger partial charge >= 0.3 is 0 Å². The normalized spacial score (nSPS) is 16.1. The van der Waals surface area contributed by atoms with Crippen LogP contribution in [0.25, 0.3) is 11.1 Å². The van der Waals surface area contributed by atoms with E-state index < -0.39 is 23.2 Å². The summed E-state index contributed by atoms with van der Waals surface area (Å²) in [5.41, 5.74) is 12.7. The lowest BCUT2D eigenvalue weighted by atomic mass is 10.0. The average molecular weight is 448 g/mol. The average Bonchev–Trinajstić information content (AvgIpc) is 3.49. The van der Waals surface area contributed by atoms with Gasteiger partial charge in [-0.15, -0.1) is 11.3 Å². The van der Waals surface area contributed by atoms with E-state index in [0.29, 0.717) is 23.8 Å². The summed E-state index contributed by atoms with van der Waals surface area (Å²) in [6.07, 6.45) is 3.41. The minimum absolute atomic E-state index is 0.0675. The molecule has 3 heterocycles. The van der Waals surface area contributed by atoms with Crippen molar-refractivity contribution in [1.82, 2.24) is 14.8 Å². The highest BCUT2D eigenvalue weighted by atomic mass is 32.1. The Morgan fingerprint density at radius 1 is 1.35 bits per heavy atom. The molecule has 0 bridgehead atoms. The number of anilines is 3. The van der Waals surface area contributed by atoms with Crippen LogP contribution in [0, 0.1) is 17.6 Å². The summed E-state index contributed by atoms with van der Waals surface area (Å²) in [6.45, 7) is 2.17. The standard InChI is InChI=1S/C20H23F2N7OS/c1-28-20(29-5-3-11(8-29)2-4-23)13(7-26-28)12-6-14(24)17(22)18(16(12)21)27-19(30)15-9-31-10-25-15/h6-7,9-11H,2-5,8,23-24H2,1H3,(H,27,30). The molecule has 1 saturated heterocycles. The molecule has 1 amide bonds. The van der Waals surface area contributed by atoms with E-state index in [1.807, 2.05) is 0 Å². The first-order valence-electron chi connectivity index (χ1n) is 9.85. The number of nitrogen functional groups attached to an aromatic ring is 1. The molecule has 164 valence electrons. The largest absolute Gasteiger partial charge is 0.396 e. The smallest absolute Gasteiger partial charge is 0.275 e. The van der Waals surface area contributed by atoms with Crippen molar-refractivity contribution in [3.63, 3.8) is 0 Å². The molecule has 31 heavy (non-hydrogen) atoms. The first-order valence-corrected chi connectivity index (χ1v) is 10.8. The Morgan fingerprint density at radius 2 is 2.16 bits per heavy atom. The van der Waals surface area contributed by atoms with E-state index in [1.54, 1.807) is 11.7 Å². The summed E-state index contributed by atoms with van der Waals surface area (Å²) in [4.78, 5) is 18.3. The van der Waals surface area contributed by atoms with E-state index in [1.165, 1.54) is 34.5 Å². The maximum atomic E-state index is 15.5. The topological polar surface area (TPSA) is 115 Å². The van der Waals surface area contributed by atoms with Gasteiger partial charge in [-0.25, -0.2) is 13.8 Å². The number of benzene rings is 1. The van der Waals surface area contributed by atoms with E-state index >= 15 is 4.39 Å². The monoisotopic (exact) mass is 447 g/mol. The molecule has 1 unspecified atom stereocenters. The van der Waals surface area contributed by atoms with Crippen LogP contribution in [0.3, 0.4) is 0 Å². The molecule has 4 rings (SSSR count). The number of halogens is 2. The lowest BCUT2D eigenvalue weighted by molar-refractivity contribution is 0.102. The lowest BCUT2D eigenvalue weighted by Crippen LogP contribution is -2.23. The van der Waals surface area contributed by atoms with Crippen LogP contribution in [0.15, 0.2) is 23.2 Å². The molecule has 5 N–H and O–H groups in total. The van der Waals surface area contributed by atoms with Gasteiger partial charge in [0, 0.05) is 36.6 Å². The number of hydrogen-bond donors (Lipinski definition) is 3. The van der Waals surface area contributed by atoms with Crippen LogP contribution in [0.5, 0.6) is 0 Å². The first kappa shape index (κ1) is 21.2. The molecule has 1 atom stereocenters. The Bertz CT molecular complexity index is 1100. The Kier molecular flexibility index (Phi) is 5.88. The van der Waals surface area contributed by atoms with Gasteiger partial charge in [0.2, 0.25) is 0 Å². The molecule has 8 nitrogen and oxygen atoms in total. The number of carbonyl (C=O) groups excluding carboxylic acids is 1. The molecular formula is C20H23F2N7OS. The fourth-order valence-corrected chi connectivity index (χ4v) is 4.49. The van der Waals surface area contributed by atoms with Crippen molar-refractivity contribution in [1.29, 1.82) is 0 Å². The summed E-state index contributed by atoms with van der Waals surface area (Å²) in [7, 11) is 1.77. The molecular weight excluding hydrogens is 424 g/mol. The molecule has 0 saturated carbocycles. The lowest BCUT2D eigenvalue weighted by Gasteiger charge is -2.21. The van der Waals surface area contributed by atoms with E-state index in [2.05, 4.69) is 20.3 Å². The van der Waals surface area contributed by atoms with Crippen LogP contribution in [-0.2, 0) is 7.05 Å². The van der Waals surface area contributed by atoms with E-state index in [9.17, 15) is 9.18 Å². The molecule has 0 spiro atoms. The minimum atomic E-state index is -1.03. The van der Waals surface area contributed by atoms with Crippen LogP contribution >= 0.6 is 11.3 Å². The summed E-state index contributed by atoms with van der Waals surface area (Å²) in [5.74, 6) is -1.50. The number of nitrogens with two attached hydrogens (primary N) is 2. The zero-order chi connectivity index (χ0) is 22.1. The number of nitrogens with zero attached hydrogens (tertiary/aromatic N) is 4. The van der Waals surface area contributed by atoms with Crippen molar-refractivity contribution in [2.75, 3.05) is 35.6 Å². The van der Waals surface area contributed by atoms with Crippen LogP contribution in [0.1, 0.15) is 23.3 Å². The van der Waals surface area contributed by atoms with Gasteiger partial charge in [0.1, 0.15) is 17.2 Å². The second-order valence-corrected chi connectivity index (χ2v) is 8.25. The molecule has 1 aromatic carbocycles. The van der Waals surface area contributed by atoms with Gasteiger partial charge in [0.15, 0.2) is 11.6 Å². The summed E-state index contributed by atoms with van der Waals surface area (Å²) in [6, 6.07) is 1.23. The molecule has 1 aliphatic rings. The second-order valence-electron chi connectivity index (χ2n) is 7.53. The number of aromatic nitrogens is 3. The van der Waals surface area contributed by atoms with Gasteiger partial charge in [0.05, 0.1) is 17.4 Å². The predicted octanol–water partition coefficient (Wildman–Crippen LogP) is 2.83. The number of carbonyl (C=O) groups is 1. The summed E-state index contributed by atoms with van der Waals surface area (Å²) >= 11 is 1.20. The Labute approximate surface area is 181 Å². The van der Waals surface area contributed by atoms with Gasteiger partial charge in [-0.2, -0.15) is 5.10 Å². The molecule has 0 radical (unpaired) electrons. The third kappa shape index (κ3) is 3.98. The molecule has 0 aliphatic carbocycles. The quantitative estimate of drug-likeness (QED) is 0.501. The highest BCUT2D eigenvalue weighted by molar-refractivity contribution is 7.07. The van der Waals surface area contributed by atoms with E-state index in [-0.39, 0.29) is 16.9 Å². The van der Waals surface area contributed by atoms with Crippen molar-refractivity contribution in [2.45, 2.75) is 12.8 Å². The highest BCUT2D eigenvalue weighted by Crippen LogP contribution is 2.39. The van der Waals surface area contributed by atoms with Gasteiger partial charge in [-0.3, -0.25) is 9.48 Å². The second kappa shape index (κ2) is 8.60. The highest BCUT2D eigenvalue weighted by Gasteiger charge is 2.29. The van der Waals surface area contributed by atoms with E-state index in [0.717, 1.165) is 25.9 Å². The Hall–Kier alpha value is -3.05. The SMILES string of the molecule is Cn1ncc(-c2cc(N)c(F)c(NC(=O)c3cscn3)c2F)c1N1CCC(CCN)C1. The van der Waals surface area contributed by atoms with Gasteiger partial charge in [-0.05, 0) is 31.4 Å². The van der Waals surface area contributed by atoms with Crippen LogP contribution in [-0.4, -0.2) is 40.3 Å². The number of rotatable bonds is 6. The van der Waals surface area contributed by atoms with Gasteiger partial charge < -0.3 is 21.7 Å². The zero-order valence-electron chi connectivity index (χ0n) is 16.9. The molecule has 1 fully saturated rings. The number of hydrogen-bond acceptors (Lipinski definition) is 7. The number of nitrogens with one attached hydrogen (secondary N) is 1. The van der Waals surface area contributed by atoms with Crippen molar-refractivity contribution in [2.24, 2.45) is 18.7 Å². The maximum absolute atomic E-state index is 15.5.